The molecular formula is C21H25NO5. The van der Waals surface area contributed by atoms with E-state index in [0.717, 1.165) is 11.1 Å². The highest BCUT2D eigenvalue weighted by atomic mass is 16.5. The number of methoxy groups -OCH3 is 3. The quantitative estimate of drug-likeness (QED) is 0.686. The summed E-state index contributed by atoms with van der Waals surface area (Å²) in [5.74, 6) is 0.766. The summed E-state index contributed by atoms with van der Waals surface area (Å²) in [7, 11) is 4.49. The van der Waals surface area contributed by atoms with Gasteiger partial charge in [-0.2, -0.15) is 0 Å². The van der Waals surface area contributed by atoms with Gasteiger partial charge in [0.2, 0.25) is 5.91 Å². The highest BCUT2D eigenvalue weighted by molar-refractivity contribution is 5.78. The van der Waals surface area contributed by atoms with Gasteiger partial charge in [0.05, 0.1) is 33.8 Å². The van der Waals surface area contributed by atoms with Crippen molar-refractivity contribution in [2.75, 3.05) is 21.3 Å². The van der Waals surface area contributed by atoms with Crippen molar-refractivity contribution in [1.29, 1.82) is 0 Å². The summed E-state index contributed by atoms with van der Waals surface area (Å²) in [6, 6.07) is 14.5. The summed E-state index contributed by atoms with van der Waals surface area (Å²) in [6.45, 7) is 0. The standard InChI is InChI=1S/C21H25NO5/c1-25-18-11-9-15(13-19(18)26-2)10-12-20(23)22-17(14-21(24)27-3)16-7-5-4-6-8-16/h4-9,11,13,17H,10,12,14H2,1-3H3,(H,22,23). The van der Waals surface area contributed by atoms with Crippen molar-refractivity contribution in [1.82, 2.24) is 5.32 Å². The van der Waals surface area contributed by atoms with Crippen LogP contribution in [0, 0.1) is 0 Å². The van der Waals surface area contributed by atoms with Crippen LogP contribution < -0.4 is 14.8 Å². The van der Waals surface area contributed by atoms with Crippen LogP contribution >= 0.6 is 0 Å². The predicted molar refractivity (Wildman–Crippen MR) is 102 cm³/mol. The van der Waals surface area contributed by atoms with Crippen molar-refractivity contribution < 1.29 is 23.8 Å². The molecule has 2 aromatic carbocycles. The third kappa shape index (κ3) is 6.02. The van der Waals surface area contributed by atoms with Gasteiger partial charge < -0.3 is 19.5 Å². The Labute approximate surface area is 159 Å². The maximum absolute atomic E-state index is 12.4. The zero-order valence-corrected chi connectivity index (χ0v) is 15.9. The monoisotopic (exact) mass is 371 g/mol. The van der Waals surface area contributed by atoms with Gasteiger partial charge in [0.1, 0.15) is 0 Å². The number of rotatable bonds is 9. The van der Waals surface area contributed by atoms with Crippen LogP contribution in [0.4, 0.5) is 0 Å². The molecule has 0 aromatic heterocycles. The van der Waals surface area contributed by atoms with Gasteiger partial charge in [-0.25, -0.2) is 0 Å². The molecule has 6 nitrogen and oxygen atoms in total. The number of hydrogen-bond donors (Lipinski definition) is 1. The molecule has 1 N–H and O–H groups in total. The molecule has 0 aliphatic carbocycles. The lowest BCUT2D eigenvalue weighted by Gasteiger charge is -2.18. The molecule has 0 aliphatic heterocycles. The summed E-state index contributed by atoms with van der Waals surface area (Å²) in [5.41, 5.74) is 1.83. The Bertz CT molecular complexity index is 760. The molecule has 2 rings (SSSR count). The first kappa shape index (κ1) is 20.3. The van der Waals surface area contributed by atoms with Crippen LogP contribution in [0.3, 0.4) is 0 Å². The molecule has 6 heteroatoms. The molecule has 0 saturated heterocycles. The first-order valence-corrected chi connectivity index (χ1v) is 8.69. The van der Waals surface area contributed by atoms with Gasteiger partial charge in [-0.15, -0.1) is 0 Å². The zero-order valence-electron chi connectivity index (χ0n) is 15.9. The number of carbonyl (C=O) groups is 2. The van der Waals surface area contributed by atoms with Gasteiger partial charge in [-0.05, 0) is 29.7 Å². The van der Waals surface area contributed by atoms with Gasteiger partial charge in [0, 0.05) is 6.42 Å². The SMILES string of the molecule is COC(=O)CC(NC(=O)CCc1ccc(OC)c(OC)c1)c1ccccc1. The van der Waals surface area contributed by atoms with E-state index in [9.17, 15) is 9.59 Å². The van der Waals surface area contributed by atoms with E-state index in [-0.39, 0.29) is 18.3 Å². The first-order chi connectivity index (χ1) is 13.1. The van der Waals surface area contributed by atoms with E-state index in [1.165, 1.54) is 7.11 Å². The molecule has 0 aliphatic rings. The molecule has 144 valence electrons. The van der Waals surface area contributed by atoms with Gasteiger partial charge in [0.25, 0.3) is 0 Å². The Balaban J connectivity index is 2.00. The summed E-state index contributed by atoms with van der Waals surface area (Å²) < 4.78 is 15.2. The van der Waals surface area contributed by atoms with Crippen LogP contribution in [0.15, 0.2) is 48.5 Å². The van der Waals surface area contributed by atoms with E-state index < -0.39 is 6.04 Å². The fraction of sp³-hybridized carbons (Fsp3) is 0.333. The lowest BCUT2D eigenvalue weighted by Crippen LogP contribution is -2.30. The Hall–Kier alpha value is -3.02. The van der Waals surface area contributed by atoms with E-state index in [1.54, 1.807) is 14.2 Å². The Morgan fingerprint density at radius 2 is 1.67 bits per heavy atom. The topological polar surface area (TPSA) is 73.9 Å². The van der Waals surface area contributed by atoms with Gasteiger partial charge in [-0.3, -0.25) is 9.59 Å². The maximum Gasteiger partial charge on any atom is 0.307 e. The summed E-state index contributed by atoms with van der Waals surface area (Å²) in [6.07, 6.45) is 0.925. The van der Waals surface area contributed by atoms with Gasteiger partial charge in [0.15, 0.2) is 11.5 Å². The molecule has 1 amide bonds. The van der Waals surface area contributed by atoms with E-state index in [1.807, 2.05) is 48.5 Å². The van der Waals surface area contributed by atoms with Crippen molar-refractivity contribution in [3.63, 3.8) is 0 Å². The van der Waals surface area contributed by atoms with E-state index in [0.29, 0.717) is 24.3 Å². The number of hydrogen-bond acceptors (Lipinski definition) is 5. The molecular weight excluding hydrogens is 346 g/mol. The minimum absolute atomic E-state index is 0.0859. The van der Waals surface area contributed by atoms with Crippen LogP contribution in [-0.2, 0) is 20.7 Å². The maximum atomic E-state index is 12.4. The first-order valence-electron chi connectivity index (χ1n) is 8.69. The third-order valence-corrected chi connectivity index (χ3v) is 4.22. The highest BCUT2D eigenvalue weighted by Gasteiger charge is 2.18. The second kappa shape index (κ2) is 10.2. The summed E-state index contributed by atoms with van der Waals surface area (Å²) >= 11 is 0. The molecule has 0 saturated carbocycles. The van der Waals surface area contributed by atoms with E-state index in [2.05, 4.69) is 5.32 Å². The second-order valence-corrected chi connectivity index (χ2v) is 6.00. The van der Waals surface area contributed by atoms with Crippen LogP contribution in [0.1, 0.15) is 30.0 Å². The van der Waals surface area contributed by atoms with Crippen molar-refractivity contribution in [2.45, 2.75) is 25.3 Å². The zero-order chi connectivity index (χ0) is 19.6. The molecule has 0 fully saturated rings. The minimum atomic E-state index is -0.420. The van der Waals surface area contributed by atoms with Crippen molar-refractivity contribution in [3.8, 4) is 11.5 Å². The highest BCUT2D eigenvalue weighted by Crippen LogP contribution is 2.28. The number of esters is 1. The predicted octanol–water partition coefficient (Wildman–Crippen LogP) is 3.06. The van der Waals surface area contributed by atoms with Crippen LogP contribution in [0.2, 0.25) is 0 Å². The largest absolute Gasteiger partial charge is 0.493 e. The van der Waals surface area contributed by atoms with Crippen LogP contribution in [-0.4, -0.2) is 33.2 Å². The molecule has 0 bridgehead atoms. The number of aryl methyl sites for hydroxylation is 1. The lowest BCUT2D eigenvalue weighted by atomic mass is 10.0. The molecule has 27 heavy (non-hydrogen) atoms. The summed E-state index contributed by atoms with van der Waals surface area (Å²) in [5, 5.41) is 2.92. The molecule has 0 radical (unpaired) electrons. The number of nitrogens with one attached hydrogen (secondary N) is 1. The summed E-state index contributed by atoms with van der Waals surface area (Å²) in [4.78, 5) is 24.1. The molecule has 1 unspecified atom stereocenters. The Kier molecular flexibility index (Phi) is 7.67. The Morgan fingerprint density at radius 1 is 0.963 bits per heavy atom. The molecule has 0 spiro atoms. The Morgan fingerprint density at radius 3 is 2.30 bits per heavy atom. The fourth-order valence-electron chi connectivity index (χ4n) is 2.75. The second-order valence-electron chi connectivity index (χ2n) is 6.00. The minimum Gasteiger partial charge on any atom is -0.493 e. The van der Waals surface area contributed by atoms with E-state index in [4.69, 9.17) is 14.2 Å². The number of benzene rings is 2. The third-order valence-electron chi connectivity index (χ3n) is 4.22. The van der Waals surface area contributed by atoms with Crippen molar-refractivity contribution in [3.05, 3.63) is 59.7 Å². The lowest BCUT2D eigenvalue weighted by molar-refractivity contribution is -0.141. The molecule has 1 atom stereocenters. The molecule has 0 heterocycles. The number of carbonyl (C=O) groups excluding carboxylic acids is 2. The van der Waals surface area contributed by atoms with Crippen LogP contribution in [0.25, 0.3) is 0 Å². The van der Waals surface area contributed by atoms with Gasteiger partial charge >= 0.3 is 5.97 Å². The van der Waals surface area contributed by atoms with Gasteiger partial charge in [-0.1, -0.05) is 36.4 Å². The smallest absolute Gasteiger partial charge is 0.307 e. The van der Waals surface area contributed by atoms with E-state index >= 15 is 0 Å². The van der Waals surface area contributed by atoms with Crippen molar-refractivity contribution in [2.24, 2.45) is 0 Å². The average Bonchev–Trinajstić information content (AvgIpc) is 2.71. The number of amides is 1. The fourth-order valence-corrected chi connectivity index (χ4v) is 2.75. The van der Waals surface area contributed by atoms with Crippen LogP contribution in [0.5, 0.6) is 11.5 Å². The normalized spacial score (nSPS) is 11.4. The molecule has 2 aromatic rings. The average molecular weight is 371 g/mol. The van der Waals surface area contributed by atoms with Crippen molar-refractivity contribution >= 4 is 11.9 Å². The number of ether oxygens (including phenoxy) is 3.